The van der Waals surface area contributed by atoms with Gasteiger partial charge in [-0.25, -0.2) is 0 Å². The first-order valence-electron chi connectivity index (χ1n) is 12.0. The number of ether oxygens (including phenoxy) is 1. The van der Waals surface area contributed by atoms with Crippen LogP contribution in [0.2, 0.25) is 13.3 Å². The van der Waals surface area contributed by atoms with Crippen LogP contribution in [0, 0.1) is 0 Å². The van der Waals surface area contributed by atoms with Crippen molar-refractivity contribution >= 4 is 36.2 Å². The van der Waals surface area contributed by atoms with Gasteiger partial charge in [-0.1, -0.05) is 0 Å². The summed E-state index contributed by atoms with van der Waals surface area (Å²) in [5, 5.41) is 0. The number of unbranched alkanes of at least 4 members (excludes halogenated alkanes) is 3. The average molecular weight is 522 g/mol. The second-order valence-electron chi connectivity index (χ2n) is 8.66. The number of carbonyl (C=O) groups is 1. The van der Waals surface area contributed by atoms with Gasteiger partial charge in [0.25, 0.3) is 0 Å². The van der Waals surface area contributed by atoms with E-state index in [1.165, 1.54) is 71.8 Å². The molecule has 0 spiro atoms. The van der Waals surface area contributed by atoms with Crippen molar-refractivity contribution in [2.75, 3.05) is 25.1 Å². The van der Waals surface area contributed by atoms with Crippen LogP contribution in [-0.2, 0) is 4.74 Å². The zero-order valence-electron chi connectivity index (χ0n) is 19.6. The van der Waals surface area contributed by atoms with Crippen LogP contribution in [0.15, 0.2) is 10.2 Å². The molecule has 5 nitrogen and oxygen atoms in total. The zero-order valence-corrected chi connectivity index (χ0v) is 22.4. The molecule has 0 bridgehead atoms. The summed E-state index contributed by atoms with van der Waals surface area (Å²) in [4.78, 5) is 23.9. The molecule has 168 valence electrons. The number of aromatic nitrogens is 2. The van der Waals surface area contributed by atoms with Crippen LogP contribution in [0.5, 0.6) is 0 Å². The third-order valence-electron chi connectivity index (χ3n) is 6.23. The molecule has 1 aliphatic rings. The van der Waals surface area contributed by atoms with Gasteiger partial charge in [0.1, 0.15) is 0 Å². The van der Waals surface area contributed by atoms with E-state index in [1.54, 1.807) is 6.07 Å². The Labute approximate surface area is 187 Å². The molecular formula is C24H41N3O2Sn. The van der Waals surface area contributed by atoms with E-state index in [-0.39, 0.29) is 5.97 Å². The Bertz CT molecular complexity index is 665. The molecule has 2 rings (SSSR count). The quantitative estimate of drug-likeness (QED) is 0.226. The predicted molar refractivity (Wildman–Crippen MR) is 129 cm³/mol. The summed E-state index contributed by atoms with van der Waals surface area (Å²) in [7, 11) is 1.41. The fourth-order valence-corrected chi connectivity index (χ4v) is 18.4. The molecule has 0 aliphatic carbocycles. The van der Waals surface area contributed by atoms with Crippen molar-refractivity contribution < 1.29 is 9.53 Å². The molecule has 0 atom stereocenters. The number of anilines is 1. The summed E-state index contributed by atoms with van der Waals surface area (Å²) in [5.41, 5.74) is 0.366. The Balaban J connectivity index is 2.37. The van der Waals surface area contributed by atoms with E-state index < -0.39 is 18.4 Å². The molecule has 1 fully saturated rings. The van der Waals surface area contributed by atoms with Crippen LogP contribution in [0.25, 0.3) is 6.08 Å². The first kappa shape index (κ1) is 25.2. The van der Waals surface area contributed by atoms with E-state index in [0.717, 1.165) is 18.9 Å². The van der Waals surface area contributed by atoms with Gasteiger partial charge in [0.05, 0.1) is 0 Å². The van der Waals surface area contributed by atoms with Crippen molar-refractivity contribution in [1.29, 1.82) is 0 Å². The number of hydrogen-bond acceptors (Lipinski definition) is 5. The van der Waals surface area contributed by atoms with Gasteiger partial charge in [-0.05, 0) is 0 Å². The van der Waals surface area contributed by atoms with Crippen LogP contribution in [0.3, 0.4) is 0 Å². The topological polar surface area (TPSA) is 55.3 Å². The molecule has 1 aliphatic heterocycles. The molecule has 6 heteroatoms. The first-order valence-corrected chi connectivity index (χ1v) is 19.7. The maximum atomic E-state index is 12.2. The van der Waals surface area contributed by atoms with Gasteiger partial charge in [-0.15, -0.1) is 0 Å². The Morgan fingerprint density at radius 2 is 1.60 bits per heavy atom. The number of esters is 1. The van der Waals surface area contributed by atoms with Gasteiger partial charge in [-0.2, -0.15) is 0 Å². The van der Waals surface area contributed by atoms with Gasteiger partial charge in [0.2, 0.25) is 0 Å². The van der Waals surface area contributed by atoms with Gasteiger partial charge in [-0.3, -0.25) is 0 Å². The van der Waals surface area contributed by atoms with Crippen molar-refractivity contribution in [3.05, 3.63) is 21.7 Å². The molecule has 0 aromatic carbocycles. The predicted octanol–water partition coefficient (Wildman–Crippen LogP) is 6.26. The Kier molecular flexibility index (Phi) is 11.2. The van der Waals surface area contributed by atoms with Crippen molar-refractivity contribution in [2.45, 2.75) is 85.4 Å². The van der Waals surface area contributed by atoms with Crippen LogP contribution in [0.4, 0.5) is 5.82 Å². The molecule has 0 amide bonds. The molecule has 0 radical (unpaired) electrons. The van der Waals surface area contributed by atoms with Crippen LogP contribution in [-0.4, -0.2) is 54.5 Å². The molecule has 1 saturated heterocycles. The number of methoxy groups -OCH3 is 1. The van der Waals surface area contributed by atoms with E-state index in [4.69, 9.17) is 9.72 Å². The second kappa shape index (κ2) is 13.3. The fraction of sp³-hybridized carbons (Fsp3) is 0.708. The maximum absolute atomic E-state index is 12.2. The summed E-state index contributed by atoms with van der Waals surface area (Å²) in [6.45, 7) is 8.88. The Hall–Kier alpha value is -1.11. The minimum absolute atomic E-state index is 0.366. The molecule has 0 unspecified atom stereocenters. The second-order valence-corrected chi connectivity index (χ2v) is 21.7. The van der Waals surface area contributed by atoms with Crippen molar-refractivity contribution in [2.24, 2.45) is 0 Å². The van der Waals surface area contributed by atoms with Gasteiger partial charge >= 0.3 is 188 Å². The molecule has 2 heterocycles. The van der Waals surface area contributed by atoms with E-state index in [0.29, 0.717) is 11.5 Å². The summed E-state index contributed by atoms with van der Waals surface area (Å²) in [5.74, 6) is 1.15. The van der Waals surface area contributed by atoms with Gasteiger partial charge < -0.3 is 0 Å². The normalized spacial score (nSPS) is 14.6. The van der Waals surface area contributed by atoms with Crippen molar-refractivity contribution in [1.82, 2.24) is 9.97 Å². The SMILES string of the molecule is CCC[CH2][Sn](/[CH]=C/c1nc(C(=O)OC)cc(N2CCCC2)n1)([CH2]CCC)[CH2]CCC. The van der Waals surface area contributed by atoms with Crippen molar-refractivity contribution in [3.63, 3.8) is 0 Å². The van der Waals surface area contributed by atoms with E-state index in [1.807, 2.05) is 0 Å². The average Bonchev–Trinajstić information content (AvgIpc) is 3.32. The van der Waals surface area contributed by atoms with E-state index in [9.17, 15) is 4.79 Å². The minimum atomic E-state index is -2.42. The molecule has 0 N–H and O–H groups in total. The van der Waals surface area contributed by atoms with Crippen LogP contribution in [0.1, 0.15) is 88.5 Å². The third-order valence-corrected chi connectivity index (χ3v) is 20.3. The van der Waals surface area contributed by atoms with Crippen LogP contribution < -0.4 is 4.90 Å². The van der Waals surface area contributed by atoms with E-state index in [2.05, 4.69) is 40.8 Å². The molecule has 1 aromatic heterocycles. The third kappa shape index (κ3) is 7.54. The summed E-state index contributed by atoms with van der Waals surface area (Å²) in [6.07, 6.45) is 12.3. The molecule has 30 heavy (non-hydrogen) atoms. The molecular weight excluding hydrogens is 481 g/mol. The number of rotatable bonds is 13. The van der Waals surface area contributed by atoms with Crippen LogP contribution >= 0.6 is 0 Å². The molecule has 0 saturated carbocycles. The zero-order chi connectivity index (χ0) is 21.8. The van der Waals surface area contributed by atoms with Gasteiger partial charge in [0, 0.05) is 0 Å². The monoisotopic (exact) mass is 523 g/mol. The summed E-state index contributed by atoms with van der Waals surface area (Å²) in [6, 6.07) is 1.79. The number of hydrogen-bond donors (Lipinski definition) is 0. The Morgan fingerprint density at radius 1 is 1.03 bits per heavy atom. The number of carbonyl (C=O) groups excluding carboxylic acids is 1. The molecule has 1 aromatic rings. The Morgan fingerprint density at radius 3 is 2.10 bits per heavy atom. The van der Waals surface area contributed by atoms with E-state index >= 15 is 0 Å². The first-order chi connectivity index (χ1) is 14.6. The fourth-order valence-electron chi connectivity index (χ4n) is 4.31. The number of nitrogens with zero attached hydrogens (tertiary/aromatic N) is 3. The van der Waals surface area contributed by atoms with Crippen molar-refractivity contribution in [3.8, 4) is 0 Å². The van der Waals surface area contributed by atoms with Gasteiger partial charge in [0.15, 0.2) is 0 Å². The standard InChI is InChI=1S/C12H14N3O2.3C4H9.Sn/c1-3-10-13-9(12(16)17-2)8-11(14-10)15-6-4-5-7-15;3*1-3-4-2;/h1,3,8H,4-7H2,2H3;3*1,3-4H2,2H3;. The summed E-state index contributed by atoms with van der Waals surface area (Å²) >= 11 is -2.42. The summed E-state index contributed by atoms with van der Waals surface area (Å²) < 4.78 is 11.8.